The first-order chi connectivity index (χ1) is 8.40. The van der Waals surface area contributed by atoms with Gasteiger partial charge in [0.15, 0.2) is 0 Å². The maximum absolute atomic E-state index is 13.7. The molecule has 0 amide bonds. The zero-order valence-corrected chi connectivity index (χ0v) is 11.5. The van der Waals surface area contributed by atoms with Gasteiger partial charge in [-0.3, -0.25) is 0 Å². The predicted octanol–water partition coefficient (Wildman–Crippen LogP) is 4.06. The first-order valence-corrected chi connectivity index (χ1v) is 6.93. The van der Waals surface area contributed by atoms with Crippen LogP contribution < -0.4 is 5.73 Å². The molecule has 18 heavy (non-hydrogen) atoms. The number of nitrogens with two attached hydrogens (primary N) is 1. The summed E-state index contributed by atoms with van der Waals surface area (Å²) in [5.41, 5.74) is 7.44. The molecule has 1 aromatic rings. The first-order valence-electron chi connectivity index (χ1n) is 6.93. The van der Waals surface area contributed by atoms with Crippen molar-refractivity contribution in [1.29, 1.82) is 0 Å². The van der Waals surface area contributed by atoms with Crippen LogP contribution in [0.3, 0.4) is 0 Å². The molecule has 0 radical (unpaired) electrons. The summed E-state index contributed by atoms with van der Waals surface area (Å²) in [6.07, 6.45) is 6.17. The lowest BCUT2D eigenvalue weighted by Crippen LogP contribution is -2.42. The van der Waals surface area contributed by atoms with Gasteiger partial charge in [0.2, 0.25) is 0 Å². The lowest BCUT2D eigenvalue weighted by molar-refractivity contribution is 0.296. The Morgan fingerprint density at radius 1 is 1.11 bits per heavy atom. The molecule has 1 saturated carbocycles. The Morgan fingerprint density at radius 2 is 1.83 bits per heavy atom. The SMILES string of the molecule is CC1(C)CCCC(N)(Cc2ccccc2F)CC1. The van der Waals surface area contributed by atoms with Gasteiger partial charge in [0, 0.05) is 5.54 Å². The lowest BCUT2D eigenvalue weighted by atomic mass is 9.81. The standard InChI is InChI=1S/C16H24FN/c1-15(2)8-5-9-16(18,11-10-15)12-13-6-3-4-7-14(13)17/h3-4,6-7H,5,8-12,18H2,1-2H3. The molecule has 1 nitrogen and oxygen atoms in total. The van der Waals surface area contributed by atoms with E-state index >= 15 is 0 Å². The number of hydrogen-bond acceptors (Lipinski definition) is 1. The van der Waals surface area contributed by atoms with Crippen LogP contribution in [0, 0.1) is 11.2 Å². The number of rotatable bonds is 2. The van der Waals surface area contributed by atoms with Gasteiger partial charge < -0.3 is 5.73 Å². The normalized spacial score (nSPS) is 27.8. The van der Waals surface area contributed by atoms with Crippen LogP contribution >= 0.6 is 0 Å². The maximum atomic E-state index is 13.7. The topological polar surface area (TPSA) is 26.0 Å². The number of halogens is 1. The molecule has 2 rings (SSSR count). The van der Waals surface area contributed by atoms with Crippen LogP contribution in [0.15, 0.2) is 24.3 Å². The molecule has 1 aliphatic rings. The maximum Gasteiger partial charge on any atom is 0.126 e. The van der Waals surface area contributed by atoms with E-state index in [1.165, 1.54) is 12.5 Å². The molecule has 2 N–H and O–H groups in total. The third-order valence-electron chi connectivity index (χ3n) is 4.33. The van der Waals surface area contributed by atoms with Gasteiger partial charge in [0.05, 0.1) is 0 Å². The van der Waals surface area contributed by atoms with Crippen molar-refractivity contribution in [3.63, 3.8) is 0 Å². The highest BCUT2D eigenvalue weighted by Gasteiger charge is 2.33. The summed E-state index contributed by atoms with van der Waals surface area (Å²) in [4.78, 5) is 0. The van der Waals surface area contributed by atoms with Crippen molar-refractivity contribution in [3.8, 4) is 0 Å². The van der Waals surface area contributed by atoms with Gasteiger partial charge in [-0.05, 0) is 49.1 Å². The quantitative estimate of drug-likeness (QED) is 0.786. The Balaban J connectivity index is 2.10. The van der Waals surface area contributed by atoms with Gasteiger partial charge in [-0.15, -0.1) is 0 Å². The van der Waals surface area contributed by atoms with Crippen molar-refractivity contribution in [2.75, 3.05) is 0 Å². The summed E-state index contributed by atoms with van der Waals surface area (Å²) < 4.78 is 13.7. The molecule has 0 aromatic heterocycles. The Hall–Kier alpha value is -0.890. The molecule has 100 valence electrons. The van der Waals surface area contributed by atoms with Crippen LogP contribution in [0.25, 0.3) is 0 Å². The minimum Gasteiger partial charge on any atom is -0.325 e. The van der Waals surface area contributed by atoms with E-state index in [9.17, 15) is 4.39 Å². The Kier molecular flexibility index (Phi) is 3.76. The summed E-state index contributed by atoms with van der Waals surface area (Å²) in [6.45, 7) is 4.61. The van der Waals surface area contributed by atoms with Crippen molar-refractivity contribution < 1.29 is 4.39 Å². The third-order valence-corrected chi connectivity index (χ3v) is 4.33. The molecule has 1 aliphatic carbocycles. The Bertz CT molecular complexity index is 413. The Morgan fingerprint density at radius 3 is 2.56 bits per heavy atom. The van der Waals surface area contributed by atoms with Crippen molar-refractivity contribution in [2.24, 2.45) is 11.1 Å². The summed E-state index contributed by atoms with van der Waals surface area (Å²) in [5.74, 6) is -0.120. The van der Waals surface area contributed by atoms with Crippen LogP contribution in [0.1, 0.15) is 51.5 Å². The molecule has 2 heteroatoms. The first kappa shape index (κ1) is 13.5. The monoisotopic (exact) mass is 249 g/mol. The molecule has 1 unspecified atom stereocenters. The van der Waals surface area contributed by atoms with Crippen LogP contribution in [0.2, 0.25) is 0 Å². The summed E-state index contributed by atoms with van der Waals surface area (Å²) >= 11 is 0. The van der Waals surface area contributed by atoms with Gasteiger partial charge in [-0.1, -0.05) is 38.5 Å². The molecular formula is C16H24FN. The molecule has 0 heterocycles. The third kappa shape index (κ3) is 3.32. The van der Waals surface area contributed by atoms with E-state index in [0.29, 0.717) is 11.8 Å². The molecule has 1 fully saturated rings. The van der Waals surface area contributed by atoms with Gasteiger partial charge in [0.1, 0.15) is 5.82 Å². The minimum atomic E-state index is -0.226. The van der Waals surface area contributed by atoms with E-state index in [1.807, 2.05) is 12.1 Å². The molecule has 0 bridgehead atoms. The van der Waals surface area contributed by atoms with Gasteiger partial charge >= 0.3 is 0 Å². The van der Waals surface area contributed by atoms with Crippen molar-refractivity contribution in [3.05, 3.63) is 35.6 Å². The number of hydrogen-bond donors (Lipinski definition) is 1. The van der Waals surface area contributed by atoms with Gasteiger partial charge in [-0.2, -0.15) is 0 Å². The van der Waals surface area contributed by atoms with Gasteiger partial charge in [0.25, 0.3) is 0 Å². The fourth-order valence-electron chi connectivity index (χ4n) is 2.95. The van der Waals surface area contributed by atoms with Crippen LogP contribution in [-0.2, 0) is 6.42 Å². The predicted molar refractivity (Wildman–Crippen MR) is 73.9 cm³/mol. The zero-order valence-electron chi connectivity index (χ0n) is 11.5. The average Bonchev–Trinajstić information content (AvgIpc) is 2.42. The highest BCUT2D eigenvalue weighted by atomic mass is 19.1. The van der Waals surface area contributed by atoms with Crippen molar-refractivity contribution in [2.45, 2.75) is 57.9 Å². The van der Waals surface area contributed by atoms with E-state index < -0.39 is 0 Å². The summed E-state index contributed by atoms with van der Waals surface area (Å²) in [7, 11) is 0. The molecule has 1 aromatic carbocycles. The van der Waals surface area contributed by atoms with E-state index in [4.69, 9.17) is 5.73 Å². The fraction of sp³-hybridized carbons (Fsp3) is 0.625. The molecule has 0 aliphatic heterocycles. The van der Waals surface area contributed by atoms with E-state index in [0.717, 1.165) is 31.2 Å². The lowest BCUT2D eigenvalue weighted by Gasteiger charge is -2.29. The summed E-state index contributed by atoms with van der Waals surface area (Å²) in [5, 5.41) is 0. The fourth-order valence-corrected chi connectivity index (χ4v) is 2.95. The average molecular weight is 249 g/mol. The molecule has 0 spiro atoms. The van der Waals surface area contributed by atoms with Crippen LogP contribution in [0.4, 0.5) is 4.39 Å². The van der Waals surface area contributed by atoms with Gasteiger partial charge in [-0.25, -0.2) is 4.39 Å². The molecule has 1 atom stereocenters. The zero-order chi connectivity index (χ0) is 13.2. The molecule has 0 saturated heterocycles. The number of benzene rings is 1. The largest absolute Gasteiger partial charge is 0.325 e. The smallest absolute Gasteiger partial charge is 0.126 e. The van der Waals surface area contributed by atoms with Crippen molar-refractivity contribution in [1.82, 2.24) is 0 Å². The van der Waals surface area contributed by atoms with E-state index in [2.05, 4.69) is 13.8 Å². The van der Waals surface area contributed by atoms with Crippen LogP contribution in [0.5, 0.6) is 0 Å². The Labute approximate surface area is 110 Å². The second kappa shape index (κ2) is 5.00. The molecular weight excluding hydrogens is 225 g/mol. The minimum absolute atomic E-state index is 0.120. The van der Waals surface area contributed by atoms with E-state index in [1.54, 1.807) is 6.07 Å². The van der Waals surface area contributed by atoms with Crippen LogP contribution in [-0.4, -0.2) is 5.54 Å². The second-order valence-electron chi connectivity index (χ2n) is 6.65. The highest BCUT2D eigenvalue weighted by Crippen LogP contribution is 2.38. The second-order valence-corrected chi connectivity index (χ2v) is 6.65. The van der Waals surface area contributed by atoms with Crippen molar-refractivity contribution >= 4 is 0 Å². The van der Waals surface area contributed by atoms with E-state index in [-0.39, 0.29) is 11.4 Å². The summed E-state index contributed by atoms with van der Waals surface area (Å²) in [6, 6.07) is 7.01. The highest BCUT2D eigenvalue weighted by molar-refractivity contribution is 5.20.